The molecular weight excluding hydrogens is 190 g/mol. The van der Waals surface area contributed by atoms with E-state index in [2.05, 4.69) is 10.5 Å². The Balaban J connectivity index is 2.30. The lowest BCUT2D eigenvalue weighted by atomic mass is 9.90. The van der Waals surface area contributed by atoms with Gasteiger partial charge >= 0.3 is 0 Å². The van der Waals surface area contributed by atoms with E-state index in [4.69, 9.17) is 5.73 Å². The Morgan fingerprint density at radius 2 is 2.07 bits per heavy atom. The molecule has 1 amide bonds. The molecule has 78 valence electrons. The van der Waals surface area contributed by atoms with Gasteiger partial charge in [-0.2, -0.15) is 5.10 Å². The number of nitrogens with zero attached hydrogens (tertiary/aromatic N) is 1. The molecule has 0 spiro atoms. The van der Waals surface area contributed by atoms with Gasteiger partial charge in [-0.15, -0.1) is 0 Å². The largest absolute Gasteiger partial charge is 0.399 e. The van der Waals surface area contributed by atoms with E-state index < -0.39 is 0 Å². The number of hydrogen-bond acceptors (Lipinski definition) is 3. The van der Waals surface area contributed by atoms with Gasteiger partial charge in [0.1, 0.15) is 0 Å². The molecule has 4 heteroatoms. The van der Waals surface area contributed by atoms with Crippen LogP contribution in [0.4, 0.5) is 5.69 Å². The lowest BCUT2D eigenvalue weighted by molar-refractivity contribution is -0.121. The van der Waals surface area contributed by atoms with Crippen LogP contribution in [-0.2, 0) is 4.79 Å². The van der Waals surface area contributed by atoms with Crippen LogP contribution in [0.25, 0.3) is 0 Å². The Morgan fingerprint density at radius 1 is 1.40 bits per heavy atom. The zero-order valence-corrected chi connectivity index (χ0v) is 8.53. The van der Waals surface area contributed by atoms with Crippen LogP contribution in [0.15, 0.2) is 29.4 Å². The Morgan fingerprint density at radius 3 is 2.73 bits per heavy atom. The Kier molecular flexibility index (Phi) is 2.41. The number of benzene rings is 1. The van der Waals surface area contributed by atoms with Gasteiger partial charge in [0.15, 0.2) is 0 Å². The summed E-state index contributed by atoms with van der Waals surface area (Å²) in [5, 5.41) is 3.98. The van der Waals surface area contributed by atoms with Gasteiger partial charge in [0.2, 0.25) is 5.91 Å². The molecule has 3 N–H and O–H groups in total. The maximum Gasteiger partial charge on any atom is 0.241 e. The van der Waals surface area contributed by atoms with Gasteiger partial charge in [0.25, 0.3) is 0 Å². The number of amides is 1. The van der Waals surface area contributed by atoms with Crippen LogP contribution < -0.4 is 11.2 Å². The first-order valence-corrected chi connectivity index (χ1v) is 4.85. The molecule has 4 nitrogen and oxygen atoms in total. The van der Waals surface area contributed by atoms with Gasteiger partial charge in [0, 0.05) is 23.7 Å². The molecule has 1 aliphatic rings. The number of carbonyl (C=O) groups excluding carboxylic acids is 1. The average molecular weight is 203 g/mol. The molecule has 0 saturated heterocycles. The lowest BCUT2D eigenvalue weighted by Gasteiger charge is -2.20. The third-order valence-electron chi connectivity index (χ3n) is 2.59. The minimum atomic E-state index is -0.0394. The SMILES string of the molecule is CC1=NNC(=O)CC1c1ccc(N)cc1. The average Bonchev–Trinajstić information content (AvgIpc) is 2.23. The summed E-state index contributed by atoms with van der Waals surface area (Å²) in [7, 11) is 0. The fraction of sp³-hybridized carbons (Fsp3) is 0.273. The highest BCUT2D eigenvalue weighted by Crippen LogP contribution is 2.24. The monoisotopic (exact) mass is 203 g/mol. The predicted molar refractivity (Wildman–Crippen MR) is 59.5 cm³/mol. The van der Waals surface area contributed by atoms with Gasteiger partial charge in [-0.05, 0) is 24.6 Å². The molecule has 0 bridgehead atoms. The molecule has 1 heterocycles. The van der Waals surface area contributed by atoms with Crippen LogP contribution in [0, 0.1) is 0 Å². The number of hydrogen-bond donors (Lipinski definition) is 2. The van der Waals surface area contributed by atoms with E-state index in [-0.39, 0.29) is 11.8 Å². The van der Waals surface area contributed by atoms with Gasteiger partial charge in [0.05, 0.1) is 0 Å². The molecule has 1 atom stereocenters. The summed E-state index contributed by atoms with van der Waals surface area (Å²) in [6.45, 7) is 1.92. The molecule has 15 heavy (non-hydrogen) atoms. The van der Waals surface area contributed by atoms with E-state index in [0.717, 1.165) is 17.0 Å². The molecule has 0 radical (unpaired) electrons. The van der Waals surface area contributed by atoms with E-state index in [1.807, 2.05) is 31.2 Å². The lowest BCUT2D eigenvalue weighted by Crippen LogP contribution is -2.30. The summed E-state index contributed by atoms with van der Waals surface area (Å²) in [6.07, 6.45) is 0.458. The number of anilines is 1. The molecule has 1 aromatic carbocycles. The highest BCUT2D eigenvalue weighted by Gasteiger charge is 2.22. The number of nitrogens with two attached hydrogens (primary N) is 1. The molecule has 0 saturated carbocycles. The molecule has 0 aliphatic carbocycles. The fourth-order valence-electron chi connectivity index (χ4n) is 1.69. The van der Waals surface area contributed by atoms with E-state index in [0.29, 0.717) is 6.42 Å². The fourth-order valence-corrected chi connectivity index (χ4v) is 1.69. The smallest absolute Gasteiger partial charge is 0.241 e. The summed E-state index contributed by atoms with van der Waals surface area (Å²) >= 11 is 0. The maximum atomic E-state index is 11.2. The van der Waals surface area contributed by atoms with Gasteiger partial charge < -0.3 is 5.73 Å². The van der Waals surface area contributed by atoms with Crippen LogP contribution in [0.1, 0.15) is 24.8 Å². The summed E-state index contributed by atoms with van der Waals surface area (Å²) in [5.41, 5.74) is 10.8. The predicted octanol–water partition coefficient (Wildman–Crippen LogP) is 1.25. The summed E-state index contributed by atoms with van der Waals surface area (Å²) < 4.78 is 0. The first-order chi connectivity index (χ1) is 7.16. The van der Waals surface area contributed by atoms with Crippen LogP contribution in [0.3, 0.4) is 0 Å². The van der Waals surface area contributed by atoms with E-state index in [1.54, 1.807) is 0 Å². The van der Waals surface area contributed by atoms with Crippen molar-refractivity contribution < 1.29 is 4.79 Å². The van der Waals surface area contributed by atoms with Crippen LogP contribution in [-0.4, -0.2) is 11.6 Å². The zero-order chi connectivity index (χ0) is 10.8. The number of rotatable bonds is 1. The van der Waals surface area contributed by atoms with E-state index in [9.17, 15) is 4.79 Å². The molecule has 2 rings (SSSR count). The first kappa shape index (κ1) is 9.71. The van der Waals surface area contributed by atoms with Crippen molar-refractivity contribution in [3.63, 3.8) is 0 Å². The van der Waals surface area contributed by atoms with Crippen molar-refractivity contribution in [2.75, 3.05) is 5.73 Å². The van der Waals surface area contributed by atoms with Crippen molar-refractivity contribution in [3.05, 3.63) is 29.8 Å². The molecule has 1 aliphatic heterocycles. The second kappa shape index (κ2) is 3.73. The molecule has 0 fully saturated rings. The third-order valence-corrected chi connectivity index (χ3v) is 2.59. The van der Waals surface area contributed by atoms with E-state index in [1.165, 1.54) is 0 Å². The quantitative estimate of drug-likeness (QED) is 0.674. The highest BCUT2D eigenvalue weighted by molar-refractivity contribution is 5.96. The Hall–Kier alpha value is -1.84. The molecule has 1 unspecified atom stereocenters. The van der Waals surface area contributed by atoms with Gasteiger partial charge in [-0.25, -0.2) is 5.43 Å². The zero-order valence-electron chi connectivity index (χ0n) is 8.53. The van der Waals surface area contributed by atoms with Gasteiger partial charge in [-0.3, -0.25) is 4.79 Å². The molecule has 0 aromatic heterocycles. The van der Waals surface area contributed by atoms with Crippen molar-refractivity contribution in [3.8, 4) is 0 Å². The van der Waals surface area contributed by atoms with Crippen LogP contribution >= 0.6 is 0 Å². The van der Waals surface area contributed by atoms with Crippen molar-refractivity contribution >= 4 is 17.3 Å². The van der Waals surface area contributed by atoms with E-state index >= 15 is 0 Å². The summed E-state index contributed by atoms with van der Waals surface area (Å²) in [4.78, 5) is 11.2. The minimum Gasteiger partial charge on any atom is -0.399 e. The summed E-state index contributed by atoms with van der Waals surface area (Å²) in [6, 6.07) is 7.57. The normalized spacial score (nSPS) is 20.7. The van der Waals surface area contributed by atoms with Crippen molar-refractivity contribution in [2.45, 2.75) is 19.3 Å². The second-order valence-electron chi connectivity index (χ2n) is 3.71. The Bertz CT molecular complexity index is 408. The number of hydrazone groups is 1. The summed E-state index contributed by atoms with van der Waals surface area (Å²) in [5.74, 6) is 0.0433. The topological polar surface area (TPSA) is 67.5 Å². The molecule has 1 aromatic rings. The minimum absolute atomic E-state index is 0.0394. The number of carbonyl (C=O) groups is 1. The molecular formula is C11H13N3O. The van der Waals surface area contributed by atoms with Gasteiger partial charge in [-0.1, -0.05) is 12.1 Å². The number of nitrogens with one attached hydrogen (secondary N) is 1. The van der Waals surface area contributed by atoms with Crippen LogP contribution in [0.2, 0.25) is 0 Å². The third kappa shape index (κ3) is 1.98. The Labute approximate surface area is 88.2 Å². The maximum absolute atomic E-state index is 11.2. The highest BCUT2D eigenvalue weighted by atomic mass is 16.2. The second-order valence-corrected chi connectivity index (χ2v) is 3.71. The van der Waals surface area contributed by atoms with Crippen molar-refractivity contribution in [1.29, 1.82) is 0 Å². The number of nitrogen functional groups attached to an aromatic ring is 1. The van der Waals surface area contributed by atoms with Crippen LogP contribution in [0.5, 0.6) is 0 Å². The van der Waals surface area contributed by atoms with Crippen molar-refractivity contribution in [2.24, 2.45) is 5.10 Å². The first-order valence-electron chi connectivity index (χ1n) is 4.85. The van der Waals surface area contributed by atoms with Crippen molar-refractivity contribution in [1.82, 2.24) is 5.43 Å². The standard InChI is InChI=1S/C11H13N3O/c1-7-10(6-11(15)14-13-7)8-2-4-9(12)5-3-8/h2-5,10H,6,12H2,1H3,(H,14,15).